The van der Waals surface area contributed by atoms with Crippen LogP contribution in [0, 0.1) is 0 Å². The Kier molecular flexibility index (Phi) is 9.04. The molecule has 2 N–H and O–H groups in total. The summed E-state index contributed by atoms with van der Waals surface area (Å²) in [5, 5.41) is 3.85. The Morgan fingerprint density at radius 1 is 0.795 bits per heavy atom. The Labute approximate surface area is 227 Å². The first-order chi connectivity index (χ1) is 18.7. The number of hydrogen-bond donors (Lipinski definition) is 2. The fraction of sp³-hybridized carbons (Fsp3) is 0.111. The second kappa shape index (κ2) is 12.6. The largest absolute Gasteiger partial charge is 0.459 e. The van der Waals surface area contributed by atoms with Crippen LogP contribution in [0.15, 0.2) is 122 Å². The van der Waals surface area contributed by atoms with Gasteiger partial charge >= 0.3 is 0 Å². The third-order valence-corrected chi connectivity index (χ3v) is 8.68. The third kappa shape index (κ3) is 7.71. The molecule has 0 saturated carbocycles. The summed E-state index contributed by atoms with van der Waals surface area (Å²) in [6, 6.07) is 27.9. The van der Waals surface area contributed by atoms with Crippen LogP contribution in [0.25, 0.3) is 0 Å². The van der Waals surface area contributed by atoms with Crippen molar-refractivity contribution in [1.29, 1.82) is 0 Å². The fourth-order valence-corrected chi connectivity index (χ4v) is 5.95. The average Bonchev–Trinajstić information content (AvgIpc) is 3.41. The molecule has 1 amide bonds. The van der Waals surface area contributed by atoms with Gasteiger partial charge in [-0.2, -0.15) is 9.41 Å². The summed E-state index contributed by atoms with van der Waals surface area (Å²) in [5.41, 5.74) is 3.03. The van der Waals surface area contributed by atoms with Crippen molar-refractivity contribution < 1.29 is 26.0 Å². The number of sulfonamides is 2. The molecule has 1 heterocycles. The lowest BCUT2D eigenvalue weighted by Crippen LogP contribution is -2.39. The molecule has 0 spiro atoms. The molecule has 0 aliphatic heterocycles. The van der Waals surface area contributed by atoms with E-state index in [-0.39, 0.29) is 28.6 Å². The second-order valence-corrected chi connectivity index (χ2v) is 12.0. The van der Waals surface area contributed by atoms with Crippen LogP contribution in [0.5, 0.6) is 0 Å². The van der Waals surface area contributed by atoms with E-state index in [1.807, 2.05) is 6.07 Å². The molecular formula is C27H26N4O6S2. The van der Waals surface area contributed by atoms with Crippen LogP contribution in [0.4, 0.5) is 0 Å². The lowest BCUT2D eigenvalue weighted by atomic mass is 10.2. The first-order valence-electron chi connectivity index (χ1n) is 11.8. The Morgan fingerprint density at radius 2 is 1.38 bits per heavy atom. The van der Waals surface area contributed by atoms with E-state index in [1.54, 1.807) is 72.8 Å². The van der Waals surface area contributed by atoms with Gasteiger partial charge < -0.3 is 4.42 Å². The highest BCUT2D eigenvalue weighted by atomic mass is 32.2. The zero-order valence-electron chi connectivity index (χ0n) is 20.7. The quantitative estimate of drug-likeness (QED) is 0.200. The SMILES string of the molecule is O=C(CN(Cc1ccccc1)S(=O)(=O)c1ccccc1)N/N=C\c1ccc(CNS(=O)(=O)c2ccccc2)o1. The highest BCUT2D eigenvalue weighted by Gasteiger charge is 2.26. The number of nitrogens with zero attached hydrogens (tertiary/aromatic N) is 2. The smallest absolute Gasteiger partial charge is 0.255 e. The van der Waals surface area contributed by atoms with Gasteiger partial charge in [-0.15, -0.1) is 0 Å². The van der Waals surface area contributed by atoms with E-state index in [2.05, 4.69) is 15.2 Å². The molecule has 0 atom stereocenters. The minimum absolute atomic E-state index is 0.00433. The lowest BCUT2D eigenvalue weighted by Gasteiger charge is -2.21. The van der Waals surface area contributed by atoms with E-state index >= 15 is 0 Å². The Bertz CT molecular complexity index is 1620. The topological polar surface area (TPSA) is 138 Å². The van der Waals surface area contributed by atoms with Gasteiger partial charge in [-0.25, -0.2) is 27.0 Å². The molecule has 0 aliphatic carbocycles. The standard InChI is InChI=1S/C27H26N4O6S2/c32-27(21-31(20-22-10-4-1-5-11-22)39(35,36)26-14-8-3-9-15-26)30-28-18-23-16-17-24(37-23)19-29-38(33,34)25-12-6-2-7-13-25/h1-18,29H,19-21H2,(H,30,32)/b28-18-. The van der Waals surface area contributed by atoms with Crippen LogP contribution in [0.1, 0.15) is 17.1 Å². The van der Waals surface area contributed by atoms with Gasteiger partial charge in [0.1, 0.15) is 11.5 Å². The van der Waals surface area contributed by atoms with Gasteiger partial charge in [0.15, 0.2) is 0 Å². The van der Waals surface area contributed by atoms with Crippen molar-refractivity contribution >= 4 is 32.2 Å². The number of hydrazone groups is 1. The van der Waals surface area contributed by atoms with Crippen LogP contribution in [0.3, 0.4) is 0 Å². The van der Waals surface area contributed by atoms with Gasteiger partial charge in [0.05, 0.1) is 29.1 Å². The lowest BCUT2D eigenvalue weighted by molar-refractivity contribution is -0.121. The number of amides is 1. The summed E-state index contributed by atoms with van der Waals surface area (Å²) in [6.07, 6.45) is 1.24. The summed E-state index contributed by atoms with van der Waals surface area (Å²) in [7, 11) is -7.66. The van der Waals surface area contributed by atoms with Gasteiger partial charge in [0.25, 0.3) is 5.91 Å². The van der Waals surface area contributed by atoms with E-state index in [1.165, 1.54) is 30.5 Å². The molecule has 12 heteroatoms. The summed E-state index contributed by atoms with van der Waals surface area (Å²) < 4.78 is 60.2. The Balaban J connectivity index is 1.37. The van der Waals surface area contributed by atoms with Crippen LogP contribution in [0.2, 0.25) is 0 Å². The zero-order valence-corrected chi connectivity index (χ0v) is 22.3. The Hall–Kier alpha value is -4.10. The maximum atomic E-state index is 13.2. The number of hydrogen-bond acceptors (Lipinski definition) is 7. The molecule has 1 aromatic heterocycles. The van der Waals surface area contributed by atoms with Gasteiger partial charge in [-0.3, -0.25) is 4.79 Å². The molecule has 3 aromatic carbocycles. The molecule has 0 unspecified atom stereocenters. The van der Waals surface area contributed by atoms with Crippen molar-refractivity contribution in [1.82, 2.24) is 14.5 Å². The van der Waals surface area contributed by atoms with E-state index in [0.29, 0.717) is 5.76 Å². The summed E-state index contributed by atoms with van der Waals surface area (Å²) in [5.74, 6) is -0.0448. The molecule has 0 radical (unpaired) electrons. The number of rotatable bonds is 12. The molecule has 4 rings (SSSR count). The molecule has 0 fully saturated rings. The third-order valence-electron chi connectivity index (χ3n) is 5.46. The summed E-state index contributed by atoms with van der Waals surface area (Å²) in [6.45, 7) is -0.549. The van der Waals surface area contributed by atoms with Crippen molar-refractivity contribution in [2.24, 2.45) is 5.10 Å². The van der Waals surface area contributed by atoms with Gasteiger partial charge in [-0.05, 0) is 42.0 Å². The normalized spacial score (nSPS) is 12.1. The van der Waals surface area contributed by atoms with Crippen LogP contribution < -0.4 is 10.1 Å². The fourth-order valence-electron chi connectivity index (χ4n) is 3.53. The van der Waals surface area contributed by atoms with Crippen molar-refractivity contribution in [3.05, 3.63) is 120 Å². The van der Waals surface area contributed by atoms with E-state index < -0.39 is 32.5 Å². The van der Waals surface area contributed by atoms with Gasteiger partial charge in [0.2, 0.25) is 20.0 Å². The van der Waals surface area contributed by atoms with Gasteiger partial charge in [0, 0.05) is 6.54 Å². The first-order valence-corrected chi connectivity index (χ1v) is 14.7. The van der Waals surface area contributed by atoms with Crippen molar-refractivity contribution in [2.45, 2.75) is 22.9 Å². The van der Waals surface area contributed by atoms with Crippen LogP contribution >= 0.6 is 0 Å². The maximum absolute atomic E-state index is 13.2. The second-order valence-electron chi connectivity index (χ2n) is 8.31. The number of benzene rings is 3. The monoisotopic (exact) mass is 566 g/mol. The highest BCUT2D eigenvalue weighted by molar-refractivity contribution is 7.89. The minimum atomic E-state index is -3.96. The van der Waals surface area contributed by atoms with E-state index in [0.717, 1.165) is 9.87 Å². The predicted molar refractivity (Wildman–Crippen MR) is 145 cm³/mol. The number of carbonyl (C=O) groups excluding carboxylic acids is 1. The molecule has 202 valence electrons. The molecule has 10 nitrogen and oxygen atoms in total. The highest BCUT2D eigenvalue weighted by Crippen LogP contribution is 2.18. The van der Waals surface area contributed by atoms with Crippen LogP contribution in [-0.4, -0.2) is 39.8 Å². The number of nitrogens with one attached hydrogen (secondary N) is 2. The molecular weight excluding hydrogens is 540 g/mol. The van der Waals surface area contributed by atoms with Crippen molar-refractivity contribution in [2.75, 3.05) is 6.54 Å². The van der Waals surface area contributed by atoms with E-state index in [9.17, 15) is 21.6 Å². The minimum Gasteiger partial charge on any atom is -0.459 e. The first kappa shape index (κ1) is 27.9. The summed E-state index contributed by atoms with van der Waals surface area (Å²) >= 11 is 0. The molecule has 0 aliphatic rings. The summed E-state index contributed by atoms with van der Waals surface area (Å²) in [4.78, 5) is 12.8. The van der Waals surface area contributed by atoms with Crippen LogP contribution in [-0.2, 0) is 37.9 Å². The molecule has 0 saturated heterocycles. The Morgan fingerprint density at radius 3 is 2.03 bits per heavy atom. The maximum Gasteiger partial charge on any atom is 0.255 e. The molecule has 4 aromatic rings. The van der Waals surface area contributed by atoms with Crippen molar-refractivity contribution in [3.8, 4) is 0 Å². The zero-order chi connectivity index (χ0) is 27.7. The average molecular weight is 567 g/mol. The van der Waals surface area contributed by atoms with Crippen molar-refractivity contribution in [3.63, 3.8) is 0 Å². The molecule has 0 bridgehead atoms. The molecule has 39 heavy (non-hydrogen) atoms. The number of furan rings is 1. The van der Waals surface area contributed by atoms with Gasteiger partial charge in [-0.1, -0.05) is 66.7 Å². The van der Waals surface area contributed by atoms with E-state index in [4.69, 9.17) is 4.42 Å². The number of carbonyl (C=O) groups is 1. The predicted octanol–water partition coefficient (Wildman–Crippen LogP) is 3.10.